The van der Waals surface area contributed by atoms with Gasteiger partial charge in [0.15, 0.2) is 0 Å². The predicted octanol–water partition coefficient (Wildman–Crippen LogP) is 3.24. The number of hydrogen-bond acceptors (Lipinski definition) is 4. The van der Waals surface area contributed by atoms with E-state index in [-0.39, 0.29) is 17.2 Å². The maximum atomic E-state index is 12.0. The summed E-state index contributed by atoms with van der Waals surface area (Å²) in [7, 11) is 0. The Morgan fingerprint density at radius 1 is 1.38 bits per heavy atom. The molecule has 0 radical (unpaired) electrons. The number of rotatable bonds is 5. The van der Waals surface area contributed by atoms with Gasteiger partial charge in [-0.3, -0.25) is 4.79 Å². The summed E-state index contributed by atoms with van der Waals surface area (Å²) in [4.78, 5) is 27.4. The van der Waals surface area contributed by atoms with Gasteiger partial charge in [0, 0.05) is 0 Å². The molecule has 2 aromatic rings. The van der Waals surface area contributed by atoms with Gasteiger partial charge in [-0.2, -0.15) is 0 Å². The molecule has 0 aliphatic heterocycles. The monoisotopic (exact) mass is 324 g/mol. The highest BCUT2D eigenvalue weighted by Crippen LogP contribution is 2.22. The number of para-hydroxylation sites is 1. The van der Waals surface area contributed by atoms with Gasteiger partial charge in [0.05, 0.1) is 22.8 Å². The molecule has 0 atom stereocenters. The Morgan fingerprint density at radius 2 is 2.10 bits per heavy atom. The van der Waals surface area contributed by atoms with Gasteiger partial charge in [0.25, 0.3) is 0 Å². The number of aromatic nitrogens is 1. The highest BCUT2D eigenvalue weighted by Gasteiger charge is 2.17. The fourth-order valence-electron chi connectivity index (χ4n) is 1.78. The minimum atomic E-state index is -1.01. The van der Waals surface area contributed by atoms with Crippen molar-refractivity contribution in [3.8, 4) is 0 Å². The van der Waals surface area contributed by atoms with E-state index in [2.05, 4.69) is 10.3 Å². The standard InChI is InChI=1S/C14H13ClN2O3S/c1-2-9-13(14(19)20)21-12(17-9)7-11(18)16-10-6-4-3-5-8(10)15/h3-6H,2,7H2,1H3,(H,16,18)(H,19,20). The molecule has 2 rings (SSSR count). The summed E-state index contributed by atoms with van der Waals surface area (Å²) in [5.41, 5.74) is 1.03. The van der Waals surface area contributed by atoms with E-state index in [1.165, 1.54) is 0 Å². The van der Waals surface area contributed by atoms with Crippen molar-refractivity contribution in [3.05, 3.63) is 44.9 Å². The van der Waals surface area contributed by atoms with Crippen LogP contribution < -0.4 is 5.32 Å². The molecule has 0 spiro atoms. The number of thiazole rings is 1. The summed E-state index contributed by atoms with van der Waals surface area (Å²) in [5, 5.41) is 12.7. The predicted molar refractivity (Wildman–Crippen MR) is 82.2 cm³/mol. The molecule has 1 aromatic heterocycles. The molecule has 1 amide bonds. The molecule has 110 valence electrons. The third-order valence-electron chi connectivity index (χ3n) is 2.73. The second-order valence-corrected chi connectivity index (χ2v) is 5.74. The van der Waals surface area contributed by atoms with Crippen molar-refractivity contribution in [3.63, 3.8) is 0 Å². The summed E-state index contributed by atoms with van der Waals surface area (Å²) >= 11 is 6.99. The van der Waals surface area contributed by atoms with E-state index >= 15 is 0 Å². The van der Waals surface area contributed by atoms with Gasteiger partial charge in [-0.25, -0.2) is 9.78 Å². The van der Waals surface area contributed by atoms with Gasteiger partial charge < -0.3 is 10.4 Å². The highest BCUT2D eigenvalue weighted by atomic mass is 35.5. The molecular weight excluding hydrogens is 312 g/mol. The molecule has 0 unspecified atom stereocenters. The van der Waals surface area contributed by atoms with Crippen LogP contribution in [0.3, 0.4) is 0 Å². The molecule has 0 aliphatic carbocycles. The van der Waals surface area contributed by atoms with Crippen LogP contribution in [0.2, 0.25) is 5.02 Å². The lowest BCUT2D eigenvalue weighted by molar-refractivity contribution is -0.115. The quantitative estimate of drug-likeness (QED) is 0.885. The largest absolute Gasteiger partial charge is 0.477 e. The minimum absolute atomic E-state index is 0.0240. The number of halogens is 1. The van der Waals surface area contributed by atoms with Crippen molar-refractivity contribution in [2.24, 2.45) is 0 Å². The molecule has 1 aromatic carbocycles. The number of carboxylic acids is 1. The number of hydrogen-bond donors (Lipinski definition) is 2. The number of carboxylic acid groups (broad SMARTS) is 1. The minimum Gasteiger partial charge on any atom is -0.477 e. The second-order valence-electron chi connectivity index (χ2n) is 4.25. The van der Waals surface area contributed by atoms with E-state index < -0.39 is 5.97 Å². The molecule has 21 heavy (non-hydrogen) atoms. The molecular formula is C14H13ClN2O3S. The Hall–Kier alpha value is -1.92. The maximum Gasteiger partial charge on any atom is 0.347 e. The van der Waals surface area contributed by atoms with Gasteiger partial charge >= 0.3 is 5.97 Å². The number of nitrogens with zero attached hydrogens (tertiary/aromatic N) is 1. The van der Waals surface area contributed by atoms with Crippen LogP contribution in [0, 0.1) is 0 Å². The van der Waals surface area contributed by atoms with Crippen molar-refractivity contribution in [2.45, 2.75) is 19.8 Å². The van der Waals surface area contributed by atoms with Crippen LogP contribution in [0.1, 0.15) is 27.3 Å². The molecule has 0 saturated carbocycles. The smallest absolute Gasteiger partial charge is 0.347 e. The summed E-state index contributed by atoms with van der Waals surface area (Å²) in [6, 6.07) is 6.91. The SMILES string of the molecule is CCc1nc(CC(=O)Nc2ccccc2Cl)sc1C(=O)O. The van der Waals surface area contributed by atoms with Gasteiger partial charge in [0.1, 0.15) is 9.88 Å². The van der Waals surface area contributed by atoms with E-state index in [9.17, 15) is 9.59 Å². The van der Waals surface area contributed by atoms with E-state index in [4.69, 9.17) is 16.7 Å². The molecule has 0 bridgehead atoms. The van der Waals surface area contributed by atoms with E-state index in [1.54, 1.807) is 24.3 Å². The molecule has 5 nitrogen and oxygen atoms in total. The van der Waals surface area contributed by atoms with Crippen molar-refractivity contribution in [1.29, 1.82) is 0 Å². The first kappa shape index (κ1) is 15.5. The van der Waals surface area contributed by atoms with Crippen LogP contribution in [-0.4, -0.2) is 22.0 Å². The topological polar surface area (TPSA) is 79.3 Å². The first-order valence-electron chi connectivity index (χ1n) is 6.27. The molecule has 0 aliphatic rings. The Bertz CT molecular complexity index is 685. The Morgan fingerprint density at radius 3 is 2.67 bits per heavy atom. The molecule has 0 saturated heterocycles. The Labute approximate surface area is 130 Å². The van der Waals surface area contributed by atoms with Crippen LogP contribution in [0.15, 0.2) is 24.3 Å². The van der Waals surface area contributed by atoms with E-state index in [0.29, 0.717) is 27.8 Å². The maximum absolute atomic E-state index is 12.0. The third-order valence-corrected chi connectivity index (χ3v) is 4.15. The Balaban J connectivity index is 2.10. The van der Waals surface area contributed by atoms with Gasteiger partial charge in [-0.05, 0) is 18.6 Å². The second kappa shape index (κ2) is 6.69. The third kappa shape index (κ3) is 3.80. The van der Waals surface area contributed by atoms with Crippen LogP contribution >= 0.6 is 22.9 Å². The fraction of sp³-hybridized carbons (Fsp3) is 0.214. The zero-order chi connectivity index (χ0) is 15.4. The number of benzene rings is 1. The average molecular weight is 325 g/mol. The van der Waals surface area contributed by atoms with Crippen molar-refractivity contribution < 1.29 is 14.7 Å². The lowest BCUT2D eigenvalue weighted by atomic mass is 10.3. The number of aromatic carboxylic acids is 1. The number of carbonyl (C=O) groups is 2. The lowest BCUT2D eigenvalue weighted by Crippen LogP contribution is -2.14. The summed E-state index contributed by atoms with van der Waals surface area (Å²) in [6.45, 7) is 1.83. The summed E-state index contributed by atoms with van der Waals surface area (Å²) < 4.78 is 0. The molecule has 1 heterocycles. The molecule has 7 heteroatoms. The highest BCUT2D eigenvalue weighted by molar-refractivity contribution is 7.13. The fourth-order valence-corrected chi connectivity index (χ4v) is 2.95. The van der Waals surface area contributed by atoms with Crippen LogP contribution in [0.4, 0.5) is 5.69 Å². The summed E-state index contributed by atoms with van der Waals surface area (Å²) in [5.74, 6) is -1.29. The van der Waals surface area contributed by atoms with Crippen LogP contribution in [0.25, 0.3) is 0 Å². The van der Waals surface area contributed by atoms with Gasteiger partial charge in [-0.15, -0.1) is 11.3 Å². The zero-order valence-electron chi connectivity index (χ0n) is 11.2. The van der Waals surface area contributed by atoms with Gasteiger partial charge in [-0.1, -0.05) is 30.7 Å². The normalized spacial score (nSPS) is 10.4. The van der Waals surface area contributed by atoms with E-state index in [1.807, 2.05) is 6.92 Å². The summed E-state index contributed by atoms with van der Waals surface area (Å²) in [6.07, 6.45) is 0.542. The number of amides is 1. The number of nitrogens with one attached hydrogen (secondary N) is 1. The number of anilines is 1. The van der Waals surface area contributed by atoms with E-state index in [0.717, 1.165) is 11.3 Å². The van der Waals surface area contributed by atoms with Gasteiger partial charge in [0.2, 0.25) is 5.91 Å². The molecule has 0 fully saturated rings. The number of aryl methyl sites for hydroxylation is 1. The molecule has 2 N–H and O–H groups in total. The van der Waals surface area contributed by atoms with Crippen molar-refractivity contribution in [2.75, 3.05) is 5.32 Å². The first-order valence-corrected chi connectivity index (χ1v) is 7.47. The zero-order valence-corrected chi connectivity index (χ0v) is 12.8. The Kier molecular flexibility index (Phi) is 4.93. The van der Waals surface area contributed by atoms with Crippen molar-refractivity contribution in [1.82, 2.24) is 4.98 Å². The first-order chi connectivity index (χ1) is 10.0. The van der Waals surface area contributed by atoms with Crippen molar-refractivity contribution >= 4 is 40.5 Å². The number of carbonyl (C=O) groups excluding carboxylic acids is 1. The van der Waals surface area contributed by atoms with Crippen LogP contribution in [-0.2, 0) is 17.6 Å². The van der Waals surface area contributed by atoms with Crippen LogP contribution in [0.5, 0.6) is 0 Å². The average Bonchev–Trinajstić information content (AvgIpc) is 2.84. The lowest BCUT2D eigenvalue weighted by Gasteiger charge is -2.05.